The summed E-state index contributed by atoms with van der Waals surface area (Å²) in [4.78, 5) is 0. The third-order valence-electron chi connectivity index (χ3n) is 1.89. The van der Waals surface area contributed by atoms with Gasteiger partial charge in [-0.1, -0.05) is 18.2 Å². The first-order valence-corrected chi connectivity index (χ1v) is 3.93. The van der Waals surface area contributed by atoms with Crippen LogP contribution in [0.1, 0.15) is 11.5 Å². The molecule has 0 saturated heterocycles. The Morgan fingerprint density at radius 3 is 2.38 bits per heavy atom. The van der Waals surface area contributed by atoms with Crippen molar-refractivity contribution in [2.75, 3.05) is 6.54 Å². The van der Waals surface area contributed by atoms with Crippen molar-refractivity contribution in [1.29, 1.82) is 0 Å². The maximum atomic E-state index is 12.4. The number of aromatic hydroxyl groups is 1. The lowest BCUT2D eigenvalue weighted by atomic mass is 9.99. The van der Waals surface area contributed by atoms with E-state index in [4.69, 9.17) is 5.73 Å². The van der Waals surface area contributed by atoms with Crippen molar-refractivity contribution in [3.05, 3.63) is 29.8 Å². The molecule has 0 aliphatic carbocycles. The van der Waals surface area contributed by atoms with Crippen LogP contribution in [0.4, 0.5) is 8.78 Å². The molecule has 1 unspecified atom stereocenters. The summed E-state index contributed by atoms with van der Waals surface area (Å²) in [6.07, 6.45) is -2.54. The standard InChI is InChI=1S/C9H11F2NO/c10-9(11)7(5-12)6-3-1-2-4-8(6)13/h1-4,7,9,13H,5,12H2. The van der Waals surface area contributed by atoms with Gasteiger partial charge in [-0.3, -0.25) is 0 Å². The van der Waals surface area contributed by atoms with Crippen LogP contribution >= 0.6 is 0 Å². The molecule has 0 bridgehead atoms. The molecule has 0 aliphatic rings. The highest BCUT2D eigenvalue weighted by atomic mass is 19.3. The minimum atomic E-state index is -2.54. The van der Waals surface area contributed by atoms with Gasteiger partial charge in [-0.25, -0.2) is 8.78 Å². The molecule has 1 aromatic rings. The number of rotatable bonds is 3. The zero-order valence-electron chi connectivity index (χ0n) is 6.95. The number of nitrogens with two attached hydrogens (primary N) is 1. The van der Waals surface area contributed by atoms with Crippen molar-refractivity contribution in [1.82, 2.24) is 0 Å². The number of hydrogen-bond donors (Lipinski definition) is 2. The van der Waals surface area contributed by atoms with E-state index in [1.807, 2.05) is 0 Å². The molecule has 1 aromatic carbocycles. The van der Waals surface area contributed by atoms with Crippen molar-refractivity contribution in [3.63, 3.8) is 0 Å². The van der Waals surface area contributed by atoms with Crippen LogP contribution in [0.2, 0.25) is 0 Å². The fourth-order valence-corrected chi connectivity index (χ4v) is 1.17. The zero-order chi connectivity index (χ0) is 9.84. The first-order valence-electron chi connectivity index (χ1n) is 3.93. The van der Waals surface area contributed by atoms with Crippen LogP contribution in [0.15, 0.2) is 24.3 Å². The van der Waals surface area contributed by atoms with E-state index >= 15 is 0 Å². The molecule has 0 aromatic heterocycles. The Labute approximate surface area is 75.0 Å². The fraction of sp³-hybridized carbons (Fsp3) is 0.333. The van der Waals surface area contributed by atoms with Gasteiger partial charge in [0.1, 0.15) is 5.75 Å². The van der Waals surface area contributed by atoms with Gasteiger partial charge in [0.05, 0.1) is 5.92 Å². The van der Waals surface area contributed by atoms with Crippen LogP contribution in [-0.2, 0) is 0 Å². The van der Waals surface area contributed by atoms with Crippen molar-refractivity contribution in [2.45, 2.75) is 12.3 Å². The number of phenols is 1. The fourth-order valence-electron chi connectivity index (χ4n) is 1.17. The van der Waals surface area contributed by atoms with E-state index in [1.54, 1.807) is 12.1 Å². The number of benzene rings is 1. The van der Waals surface area contributed by atoms with Crippen LogP contribution in [0.25, 0.3) is 0 Å². The molecule has 0 fully saturated rings. The Hall–Kier alpha value is -1.16. The maximum absolute atomic E-state index is 12.4. The highest BCUT2D eigenvalue weighted by Crippen LogP contribution is 2.29. The summed E-state index contributed by atoms with van der Waals surface area (Å²) in [6.45, 7) is -0.171. The summed E-state index contributed by atoms with van der Waals surface area (Å²) < 4.78 is 24.7. The summed E-state index contributed by atoms with van der Waals surface area (Å²) in [5.74, 6) is -1.21. The molecule has 0 amide bonds. The van der Waals surface area contributed by atoms with Crippen molar-refractivity contribution in [2.24, 2.45) is 5.73 Å². The molecule has 13 heavy (non-hydrogen) atoms. The van der Waals surface area contributed by atoms with Gasteiger partial charge in [-0.05, 0) is 6.07 Å². The second-order valence-corrected chi connectivity index (χ2v) is 2.74. The highest BCUT2D eigenvalue weighted by Gasteiger charge is 2.22. The topological polar surface area (TPSA) is 46.2 Å². The molecule has 3 N–H and O–H groups in total. The predicted octanol–water partition coefficient (Wildman–Crippen LogP) is 1.70. The molecule has 0 aliphatic heterocycles. The average Bonchev–Trinajstić information content (AvgIpc) is 2.09. The maximum Gasteiger partial charge on any atom is 0.246 e. The summed E-state index contributed by atoms with van der Waals surface area (Å²) in [5.41, 5.74) is 5.39. The Kier molecular flexibility index (Phi) is 3.19. The highest BCUT2D eigenvalue weighted by molar-refractivity contribution is 5.35. The van der Waals surface area contributed by atoms with Gasteiger partial charge in [0.15, 0.2) is 0 Å². The summed E-state index contributed by atoms with van der Waals surface area (Å²) in [7, 11) is 0. The average molecular weight is 187 g/mol. The lowest BCUT2D eigenvalue weighted by molar-refractivity contribution is 0.116. The summed E-state index contributed by atoms with van der Waals surface area (Å²) >= 11 is 0. The molecule has 0 heterocycles. The number of halogens is 2. The molecule has 0 spiro atoms. The van der Waals surface area contributed by atoms with Crippen molar-refractivity contribution in [3.8, 4) is 5.75 Å². The molecular formula is C9H11F2NO. The van der Waals surface area contributed by atoms with E-state index in [0.29, 0.717) is 0 Å². The van der Waals surface area contributed by atoms with E-state index in [-0.39, 0.29) is 17.9 Å². The van der Waals surface area contributed by atoms with Crippen LogP contribution in [0.3, 0.4) is 0 Å². The second-order valence-electron chi connectivity index (χ2n) is 2.74. The first-order chi connectivity index (χ1) is 6.16. The minimum Gasteiger partial charge on any atom is -0.508 e. The monoisotopic (exact) mass is 187 g/mol. The molecule has 1 rings (SSSR count). The van der Waals surface area contributed by atoms with E-state index in [2.05, 4.69) is 0 Å². The van der Waals surface area contributed by atoms with E-state index in [9.17, 15) is 13.9 Å². The van der Waals surface area contributed by atoms with Crippen molar-refractivity contribution < 1.29 is 13.9 Å². The van der Waals surface area contributed by atoms with Crippen LogP contribution in [0, 0.1) is 0 Å². The Morgan fingerprint density at radius 1 is 1.31 bits per heavy atom. The first kappa shape index (κ1) is 9.92. The molecule has 0 radical (unpaired) electrons. The van der Waals surface area contributed by atoms with Crippen LogP contribution in [0.5, 0.6) is 5.75 Å². The van der Waals surface area contributed by atoms with Crippen LogP contribution < -0.4 is 5.73 Å². The van der Waals surface area contributed by atoms with Gasteiger partial charge >= 0.3 is 0 Å². The SMILES string of the molecule is NCC(c1ccccc1O)C(F)F. The molecule has 72 valence electrons. The molecular weight excluding hydrogens is 176 g/mol. The van der Waals surface area contributed by atoms with Gasteiger partial charge in [0.25, 0.3) is 0 Å². The second kappa shape index (κ2) is 4.18. The van der Waals surface area contributed by atoms with Gasteiger partial charge in [0.2, 0.25) is 6.43 Å². The quantitative estimate of drug-likeness (QED) is 0.756. The van der Waals surface area contributed by atoms with E-state index in [0.717, 1.165) is 0 Å². The smallest absolute Gasteiger partial charge is 0.246 e. The number of para-hydroxylation sites is 1. The Balaban J connectivity index is 2.97. The van der Waals surface area contributed by atoms with Gasteiger partial charge in [0, 0.05) is 12.1 Å². The normalized spacial score (nSPS) is 13.2. The Morgan fingerprint density at radius 2 is 1.92 bits per heavy atom. The van der Waals surface area contributed by atoms with E-state index < -0.39 is 12.3 Å². The third kappa shape index (κ3) is 2.15. The molecule has 1 atom stereocenters. The summed E-state index contributed by atoms with van der Waals surface area (Å²) in [5, 5.41) is 9.27. The molecule has 0 saturated carbocycles. The third-order valence-corrected chi connectivity index (χ3v) is 1.89. The minimum absolute atomic E-state index is 0.127. The lowest BCUT2D eigenvalue weighted by Crippen LogP contribution is -2.19. The van der Waals surface area contributed by atoms with Crippen molar-refractivity contribution >= 4 is 0 Å². The summed E-state index contributed by atoms with van der Waals surface area (Å²) in [6, 6.07) is 6.01. The zero-order valence-corrected chi connectivity index (χ0v) is 6.95. The molecule has 4 heteroatoms. The van der Waals surface area contributed by atoms with E-state index in [1.165, 1.54) is 12.1 Å². The predicted molar refractivity (Wildman–Crippen MR) is 45.9 cm³/mol. The molecule has 2 nitrogen and oxygen atoms in total. The van der Waals surface area contributed by atoms with Gasteiger partial charge in [-0.2, -0.15) is 0 Å². The van der Waals surface area contributed by atoms with Gasteiger partial charge in [-0.15, -0.1) is 0 Å². The number of phenolic OH excluding ortho intramolecular Hbond substituents is 1. The number of alkyl halides is 2. The Bertz CT molecular complexity index is 278. The largest absolute Gasteiger partial charge is 0.508 e. The number of hydrogen-bond acceptors (Lipinski definition) is 2. The van der Waals surface area contributed by atoms with Crippen LogP contribution in [-0.4, -0.2) is 18.1 Å². The van der Waals surface area contributed by atoms with Gasteiger partial charge < -0.3 is 10.8 Å². The lowest BCUT2D eigenvalue weighted by Gasteiger charge is -2.14.